The van der Waals surface area contributed by atoms with Gasteiger partial charge in [0.05, 0.1) is 20.0 Å². The minimum absolute atomic E-state index is 0.0464. The quantitative estimate of drug-likeness (QED) is 0.716. The summed E-state index contributed by atoms with van der Waals surface area (Å²) in [5, 5.41) is 0. The van der Waals surface area contributed by atoms with E-state index in [1.807, 2.05) is 24.3 Å². The van der Waals surface area contributed by atoms with Crippen molar-refractivity contribution in [1.29, 1.82) is 0 Å². The van der Waals surface area contributed by atoms with Gasteiger partial charge in [0.25, 0.3) is 0 Å². The van der Waals surface area contributed by atoms with Crippen molar-refractivity contribution in [3.8, 4) is 0 Å². The molecule has 4 nitrogen and oxygen atoms in total. The summed E-state index contributed by atoms with van der Waals surface area (Å²) in [6, 6.07) is 7.64. The van der Waals surface area contributed by atoms with Crippen LogP contribution in [0.2, 0.25) is 0 Å². The molecule has 0 atom stereocenters. The molecule has 0 saturated carbocycles. The van der Waals surface area contributed by atoms with E-state index >= 15 is 0 Å². The molecule has 0 fully saturated rings. The largest absolute Gasteiger partial charge is 0.469 e. The molecule has 0 aliphatic carbocycles. The average Bonchev–Trinajstić information content (AvgIpc) is 2.62. The first-order chi connectivity index (χ1) is 7.72. The van der Waals surface area contributed by atoms with Crippen LogP contribution in [0.4, 0.5) is 5.69 Å². The van der Waals surface area contributed by atoms with Gasteiger partial charge in [-0.05, 0) is 11.6 Å². The highest BCUT2D eigenvalue weighted by atomic mass is 16.5. The van der Waals surface area contributed by atoms with E-state index in [4.69, 9.17) is 0 Å². The Balaban J connectivity index is 2.10. The van der Waals surface area contributed by atoms with Crippen LogP contribution in [0.5, 0.6) is 0 Å². The molecule has 4 heteroatoms. The molecule has 0 unspecified atom stereocenters. The maximum Gasteiger partial charge on any atom is 0.307 e. The molecule has 0 bridgehead atoms. The number of carbonyl (C=O) groups excluding carboxylic acids is 2. The fourth-order valence-electron chi connectivity index (χ4n) is 1.87. The number of amides is 1. The number of ether oxygens (including phenoxy) is 1. The number of para-hydroxylation sites is 1. The number of nitrogens with zero attached hydrogens (tertiary/aromatic N) is 1. The van der Waals surface area contributed by atoms with Crippen molar-refractivity contribution in [2.45, 2.75) is 12.8 Å². The number of hydrogen-bond acceptors (Lipinski definition) is 3. The van der Waals surface area contributed by atoms with Crippen LogP contribution in [-0.2, 0) is 20.7 Å². The number of carbonyl (C=O) groups is 2. The zero-order valence-corrected chi connectivity index (χ0v) is 9.10. The van der Waals surface area contributed by atoms with Crippen LogP contribution in [0.15, 0.2) is 24.3 Å². The summed E-state index contributed by atoms with van der Waals surface area (Å²) in [5.41, 5.74) is 1.94. The number of fused-ring (bicyclic) bond motifs is 1. The van der Waals surface area contributed by atoms with E-state index in [1.54, 1.807) is 4.90 Å². The molecule has 1 aliphatic rings. The molecular weight excluding hydrogens is 206 g/mol. The number of esters is 1. The van der Waals surface area contributed by atoms with Gasteiger partial charge in [-0.25, -0.2) is 0 Å². The van der Waals surface area contributed by atoms with Gasteiger partial charge in [0.15, 0.2) is 0 Å². The molecule has 1 aromatic carbocycles. The van der Waals surface area contributed by atoms with Gasteiger partial charge in [-0.2, -0.15) is 0 Å². The Hall–Kier alpha value is -1.84. The van der Waals surface area contributed by atoms with E-state index in [2.05, 4.69) is 4.74 Å². The second kappa shape index (κ2) is 4.35. The van der Waals surface area contributed by atoms with Crippen molar-refractivity contribution in [2.24, 2.45) is 0 Å². The molecule has 1 amide bonds. The molecule has 0 N–H and O–H groups in total. The second-order valence-electron chi connectivity index (χ2n) is 3.68. The Labute approximate surface area is 93.8 Å². The van der Waals surface area contributed by atoms with Gasteiger partial charge in [-0.15, -0.1) is 0 Å². The van der Waals surface area contributed by atoms with Crippen LogP contribution in [0.1, 0.15) is 12.0 Å². The molecule has 1 aliphatic heterocycles. The van der Waals surface area contributed by atoms with Crippen molar-refractivity contribution < 1.29 is 14.3 Å². The Morgan fingerprint density at radius 2 is 2.19 bits per heavy atom. The highest BCUT2D eigenvalue weighted by Gasteiger charge is 2.26. The zero-order valence-electron chi connectivity index (χ0n) is 9.10. The number of rotatable bonds is 3. The third-order valence-corrected chi connectivity index (χ3v) is 2.69. The topological polar surface area (TPSA) is 46.6 Å². The van der Waals surface area contributed by atoms with Crippen molar-refractivity contribution in [1.82, 2.24) is 0 Å². The highest BCUT2D eigenvalue weighted by molar-refractivity contribution is 6.01. The Kier molecular flexibility index (Phi) is 2.90. The van der Waals surface area contributed by atoms with E-state index in [1.165, 1.54) is 7.11 Å². The van der Waals surface area contributed by atoms with Gasteiger partial charge in [-0.3, -0.25) is 9.59 Å². The van der Waals surface area contributed by atoms with Gasteiger partial charge in [0.2, 0.25) is 5.91 Å². The molecule has 2 rings (SSSR count). The predicted molar refractivity (Wildman–Crippen MR) is 59.1 cm³/mol. The zero-order chi connectivity index (χ0) is 11.5. The summed E-state index contributed by atoms with van der Waals surface area (Å²) in [7, 11) is 1.35. The molecular formula is C12H13NO3. The van der Waals surface area contributed by atoms with E-state index in [0.717, 1.165) is 11.3 Å². The van der Waals surface area contributed by atoms with Crippen LogP contribution < -0.4 is 4.90 Å². The Morgan fingerprint density at radius 1 is 1.44 bits per heavy atom. The third-order valence-electron chi connectivity index (χ3n) is 2.69. The van der Waals surface area contributed by atoms with Crippen LogP contribution >= 0.6 is 0 Å². The first kappa shape index (κ1) is 10.7. The van der Waals surface area contributed by atoms with Gasteiger partial charge in [0, 0.05) is 12.2 Å². The molecule has 0 saturated heterocycles. The first-order valence-electron chi connectivity index (χ1n) is 5.17. The third kappa shape index (κ3) is 1.91. The molecule has 84 valence electrons. The second-order valence-corrected chi connectivity index (χ2v) is 3.68. The van der Waals surface area contributed by atoms with Crippen LogP contribution in [0.25, 0.3) is 0 Å². The fourth-order valence-corrected chi connectivity index (χ4v) is 1.87. The predicted octanol–water partition coefficient (Wildman–Crippen LogP) is 1.14. The molecule has 1 heterocycles. The van der Waals surface area contributed by atoms with Crippen molar-refractivity contribution in [3.63, 3.8) is 0 Å². The lowest BCUT2D eigenvalue weighted by molar-refractivity contribution is -0.140. The maximum absolute atomic E-state index is 11.7. The van der Waals surface area contributed by atoms with Gasteiger partial charge in [0.1, 0.15) is 0 Å². The maximum atomic E-state index is 11.7. The molecule has 16 heavy (non-hydrogen) atoms. The lowest BCUT2D eigenvalue weighted by Gasteiger charge is -2.16. The van der Waals surface area contributed by atoms with E-state index in [0.29, 0.717) is 13.0 Å². The summed E-state index contributed by atoms with van der Waals surface area (Å²) in [5.74, 6) is -0.248. The Bertz CT molecular complexity index is 428. The highest BCUT2D eigenvalue weighted by Crippen LogP contribution is 2.28. The summed E-state index contributed by atoms with van der Waals surface area (Å²) >= 11 is 0. The minimum Gasteiger partial charge on any atom is -0.469 e. The van der Waals surface area contributed by atoms with Crippen molar-refractivity contribution in [2.75, 3.05) is 18.6 Å². The monoisotopic (exact) mass is 219 g/mol. The smallest absolute Gasteiger partial charge is 0.307 e. The first-order valence-corrected chi connectivity index (χ1v) is 5.17. The van der Waals surface area contributed by atoms with Crippen LogP contribution in [0, 0.1) is 0 Å². The fraction of sp³-hybridized carbons (Fsp3) is 0.333. The normalized spacial score (nSPS) is 13.8. The lowest BCUT2D eigenvalue weighted by atomic mass is 10.2. The summed E-state index contributed by atoms with van der Waals surface area (Å²) in [4.78, 5) is 24.4. The molecule has 0 radical (unpaired) electrons. The van der Waals surface area contributed by atoms with E-state index in [-0.39, 0.29) is 18.3 Å². The SMILES string of the molecule is COC(=O)CCN1C(=O)Cc2ccccc21. The van der Waals surface area contributed by atoms with Gasteiger partial charge < -0.3 is 9.64 Å². The van der Waals surface area contributed by atoms with Crippen molar-refractivity contribution in [3.05, 3.63) is 29.8 Å². The standard InChI is InChI=1S/C12H13NO3/c1-16-12(15)6-7-13-10-5-3-2-4-9(10)8-11(13)14/h2-5H,6-8H2,1H3. The van der Waals surface area contributed by atoms with Crippen LogP contribution in [-0.4, -0.2) is 25.5 Å². The van der Waals surface area contributed by atoms with Crippen LogP contribution in [0.3, 0.4) is 0 Å². The number of methoxy groups -OCH3 is 1. The van der Waals surface area contributed by atoms with Crippen molar-refractivity contribution >= 4 is 17.6 Å². The van der Waals surface area contributed by atoms with E-state index < -0.39 is 0 Å². The molecule has 0 aromatic heterocycles. The summed E-state index contributed by atoms with van der Waals surface area (Å²) < 4.78 is 4.56. The number of anilines is 1. The number of hydrogen-bond donors (Lipinski definition) is 0. The lowest BCUT2D eigenvalue weighted by Crippen LogP contribution is -2.29. The summed E-state index contributed by atoms with van der Waals surface area (Å²) in [6.45, 7) is 0.391. The van der Waals surface area contributed by atoms with Gasteiger partial charge in [-0.1, -0.05) is 18.2 Å². The average molecular weight is 219 g/mol. The minimum atomic E-state index is -0.294. The number of benzene rings is 1. The van der Waals surface area contributed by atoms with E-state index in [9.17, 15) is 9.59 Å². The molecule has 0 spiro atoms. The molecule has 1 aromatic rings. The Morgan fingerprint density at radius 3 is 2.94 bits per heavy atom. The summed E-state index contributed by atoms with van der Waals surface area (Å²) in [6.07, 6.45) is 0.661. The van der Waals surface area contributed by atoms with Gasteiger partial charge >= 0.3 is 5.97 Å².